The van der Waals surface area contributed by atoms with Gasteiger partial charge in [-0.05, 0) is 39.7 Å². The first-order valence-corrected chi connectivity index (χ1v) is 12.5. The second-order valence-corrected chi connectivity index (χ2v) is 11.0. The molecule has 1 fully saturated rings. The van der Waals surface area contributed by atoms with Gasteiger partial charge in [-0.15, -0.1) is 11.3 Å². The van der Waals surface area contributed by atoms with Crippen molar-refractivity contribution in [2.75, 3.05) is 13.1 Å². The molecule has 0 unspecified atom stereocenters. The number of fused-ring (bicyclic) bond motifs is 4. The highest BCUT2D eigenvalue weighted by Crippen LogP contribution is 2.50. The molecule has 1 atom stereocenters. The third-order valence-corrected chi connectivity index (χ3v) is 8.32. The molecule has 1 spiro atoms. The van der Waals surface area contributed by atoms with E-state index in [9.17, 15) is 0 Å². The van der Waals surface area contributed by atoms with Crippen molar-refractivity contribution in [1.29, 1.82) is 0 Å². The van der Waals surface area contributed by atoms with Crippen LogP contribution in [0.3, 0.4) is 0 Å². The molecule has 0 amide bonds. The summed E-state index contributed by atoms with van der Waals surface area (Å²) in [6.07, 6.45) is 2.84. The van der Waals surface area contributed by atoms with Gasteiger partial charge in [-0.25, -0.2) is 5.01 Å². The minimum atomic E-state index is -0.359. The number of piperidine rings is 1. The highest BCUT2D eigenvalue weighted by atomic mass is 79.9. The van der Waals surface area contributed by atoms with Crippen LogP contribution in [0.1, 0.15) is 41.3 Å². The van der Waals surface area contributed by atoms with Crippen molar-refractivity contribution in [3.8, 4) is 5.75 Å². The Morgan fingerprint density at radius 1 is 1.00 bits per heavy atom. The molecule has 0 bridgehead atoms. The minimum Gasteiger partial charge on any atom is -0.466 e. The standard InChI is InChI=1S/C25H24BrN3OS/c26-24-11-10-23(31-24)20-16-21-19-8-4-5-9-22(19)30-25(29(21)27-20)12-14-28(15-13-25)17-18-6-2-1-3-7-18/h1-11,21H,12-17H2/t21-/m0/s1. The van der Waals surface area contributed by atoms with E-state index in [0.29, 0.717) is 0 Å². The maximum atomic E-state index is 6.75. The van der Waals surface area contributed by atoms with E-state index < -0.39 is 0 Å². The van der Waals surface area contributed by atoms with Gasteiger partial charge in [-0.3, -0.25) is 4.90 Å². The van der Waals surface area contributed by atoms with E-state index in [4.69, 9.17) is 9.84 Å². The number of rotatable bonds is 3. The number of hydrogen-bond donors (Lipinski definition) is 0. The smallest absolute Gasteiger partial charge is 0.200 e. The van der Waals surface area contributed by atoms with Crippen molar-refractivity contribution in [2.45, 2.75) is 37.6 Å². The van der Waals surface area contributed by atoms with Gasteiger partial charge in [0.25, 0.3) is 0 Å². The molecule has 0 aliphatic carbocycles. The van der Waals surface area contributed by atoms with Crippen molar-refractivity contribution in [2.24, 2.45) is 5.10 Å². The highest BCUT2D eigenvalue weighted by molar-refractivity contribution is 9.11. The molecule has 4 nitrogen and oxygen atoms in total. The third kappa shape index (κ3) is 3.51. The number of likely N-dealkylation sites (tertiary alicyclic amines) is 1. The Morgan fingerprint density at radius 2 is 1.77 bits per heavy atom. The fourth-order valence-electron chi connectivity index (χ4n) is 5.08. The van der Waals surface area contributed by atoms with Gasteiger partial charge in [0.1, 0.15) is 5.75 Å². The topological polar surface area (TPSA) is 28.1 Å². The van der Waals surface area contributed by atoms with E-state index in [1.165, 1.54) is 21.7 Å². The summed E-state index contributed by atoms with van der Waals surface area (Å²) in [5.41, 5.74) is 3.44. The van der Waals surface area contributed by atoms with Crippen molar-refractivity contribution >= 4 is 33.0 Å². The number of nitrogens with zero attached hydrogens (tertiary/aromatic N) is 3. The molecule has 3 aliphatic heterocycles. The molecule has 1 aromatic heterocycles. The van der Waals surface area contributed by atoms with Crippen LogP contribution < -0.4 is 4.74 Å². The second-order valence-electron chi connectivity index (χ2n) is 8.56. The predicted octanol–water partition coefficient (Wildman–Crippen LogP) is 6.05. The summed E-state index contributed by atoms with van der Waals surface area (Å²) in [5, 5.41) is 7.48. The summed E-state index contributed by atoms with van der Waals surface area (Å²) in [4.78, 5) is 3.78. The molecule has 6 rings (SSSR count). The molecule has 2 aromatic carbocycles. The van der Waals surface area contributed by atoms with Gasteiger partial charge in [-0.2, -0.15) is 5.10 Å². The Balaban J connectivity index is 1.29. The fourth-order valence-corrected chi connectivity index (χ4v) is 6.46. The Hall–Kier alpha value is -2.15. The zero-order valence-electron chi connectivity index (χ0n) is 17.2. The summed E-state index contributed by atoms with van der Waals surface area (Å²) in [6.45, 7) is 3.01. The first-order chi connectivity index (χ1) is 15.2. The molecule has 3 aromatic rings. The Morgan fingerprint density at radius 3 is 2.55 bits per heavy atom. The summed E-state index contributed by atoms with van der Waals surface area (Å²) >= 11 is 5.36. The minimum absolute atomic E-state index is 0.251. The average Bonchev–Trinajstić information content (AvgIpc) is 3.44. The van der Waals surface area contributed by atoms with Gasteiger partial charge < -0.3 is 4.74 Å². The first-order valence-electron chi connectivity index (χ1n) is 10.9. The van der Waals surface area contributed by atoms with Crippen LogP contribution in [0.5, 0.6) is 5.75 Å². The van der Waals surface area contributed by atoms with Crippen molar-refractivity contribution in [3.05, 3.63) is 86.5 Å². The molecule has 0 saturated carbocycles. The summed E-state index contributed by atoms with van der Waals surface area (Å²) in [6, 6.07) is 23.8. The van der Waals surface area contributed by atoms with Crippen molar-refractivity contribution < 1.29 is 4.74 Å². The summed E-state index contributed by atoms with van der Waals surface area (Å²) in [5.74, 6) is 1.03. The van der Waals surface area contributed by atoms with E-state index in [0.717, 1.165) is 48.4 Å². The number of benzene rings is 2. The van der Waals surface area contributed by atoms with Crippen LogP contribution in [0.25, 0.3) is 0 Å². The van der Waals surface area contributed by atoms with Crippen molar-refractivity contribution in [3.63, 3.8) is 0 Å². The van der Waals surface area contributed by atoms with E-state index >= 15 is 0 Å². The molecular weight excluding hydrogens is 470 g/mol. The Bertz CT molecular complexity index is 1120. The number of hydrogen-bond acceptors (Lipinski definition) is 5. The van der Waals surface area contributed by atoms with Crippen LogP contribution >= 0.6 is 27.3 Å². The lowest BCUT2D eigenvalue weighted by Gasteiger charge is -2.51. The van der Waals surface area contributed by atoms with E-state index in [1.54, 1.807) is 11.3 Å². The SMILES string of the molecule is Brc1ccc(C2=NN3[C@@H](C2)c2ccccc2OC32CCN(Cc3ccccc3)CC2)s1. The third-order valence-electron chi connectivity index (χ3n) is 6.65. The lowest BCUT2D eigenvalue weighted by molar-refractivity contribution is -0.150. The normalized spacial score (nSPS) is 22.0. The number of thiophene rings is 1. The monoisotopic (exact) mass is 493 g/mol. The molecule has 0 N–H and O–H groups in total. The molecule has 158 valence electrons. The zero-order chi connectivity index (χ0) is 20.8. The molecule has 6 heteroatoms. The Labute approximate surface area is 195 Å². The van der Waals surface area contributed by atoms with Gasteiger partial charge in [0.05, 0.1) is 20.4 Å². The largest absolute Gasteiger partial charge is 0.466 e. The van der Waals surface area contributed by atoms with Crippen LogP contribution in [-0.4, -0.2) is 34.4 Å². The fraction of sp³-hybridized carbons (Fsp3) is 0.320. The van der Waals surface area contributed by atoms with Gasteiger partial charge in [0.15, 0.2) is 0 Å². The maximum Gasteiger partial charge on any atom is 0.200 e. The van der Waals surface area contributed by atoms with Gasteiger partial charge in [0.2, 0.25) is 5.72 Å². The lowest BCUT2D eigenvalue weighted by Crippen LogP contribution is -2.59. The predicted molar refractivity (Wildman–Crippen MR) is 129 cm³/mol. The highest BCUT2D eigenvalue weighted by Gasteiger charge is 2.51. The van der Waals surface area contributed by atoms with Crippen LogP contribution in [0, 0.1) is 0 Å². The zero-order valence-corrected chi connectivity index (χ0v) is 19.6. The number of hydrazone groups is 1. The first kappa shape index (κ1) is 19.5. The maximum absolute atomic E-state index is 6.75. The summed E-state index contributed by atoms with van der Waals surface area (Å²) in [7, 11) is 0. The lowest BCUT2D eigenvalue weighted by atomic mass is 9.91. The van der Waals surface area contributed by atoms with Crippen molar-refractivity contribution in [1.82, 2.24) is 9.91 Å². The van der Waals surface area contributed by atoms with Gasteiger partial charge in [0, 0.05) is 44.5 Å². The van der Waals surface area contributed by atoms with Gasteiger partial charge >= 0.3 is 0 Å². The number of para-hydroxylation sites is 1. The van der Waals surface area contributed by atoms with E-state index in [2.05, 4.69) is 92.6 Å². The average molecular weight is 494 g/mol. The molecule has 3 aliphatic rings. The quantitative estimate of drug-likeness (QED) is 0.444. The summed E-state index contributed by atoms with van der Waals surface area (Å²) < 4.78 is 7.90. The molecular formula is C25H24BrN3OS. The second kappa shape index (κ2) is 7.76. The number of halogens is 1. The molecule has 1 saturated heterocycles. The molecule has 4 heterocycles. The number of ether oxygens (including phenoxy) is 1. The Kier molecular flexibility index (Phi) is 4.89. The van der Waals surface area contributed by atoms with Crippen LogP contribution in [0.2, 0.25) is 0 Å². The molecule has 31 heavy (non-hydrogen) atoms. The van der Waals surface area contributed by atoms with Crippen LogP contribution in [0.15, 0.2) is 75.6 Å². The van der Waals surface area contributed by atoms with Crippen LogP contribution in [-0.2, 0) is 6.54 Å². The van der Waals surface area contributed by atoms with Gasteiger partial charge in [-0.1, -0.05) is 48.5 Å². The van der Waals surface area contributed by atoms with E-state index in [-0.39, 0.29) is 11.8 Å². The van der Waals surface area contributed by atoms with E-state index in [1.807, 2.05) is 0 Å². The molecule has 0 radical (unpaired) electrons. The van der Waals surface area contributed by atoms with Crippen LogP contribution in [0.4, 0.5) is 0 Å².